The fraction of sp³-hybridized carbons (Fsp3) is 0.786. The van der Waals surface area contributed by atoms with Gasteiger partial charge in [0.05, 0.1) is 6.20 Å². The minimum absolute atomic E-state index is 0.793. The number of aromatic nitrogens is 2. The molecule has 1 N–H and O–H groups in total. The van der Waals surface area contributed by atoms with Crippen molar-refractivity contribution in [2.75, 3.05) is 0 Å². The normalized spacial score (nSPS) is 19.8. The Bertz CT molecular complexity index is 375. The van der Waals surface area contributed by atoms with Crippen LogP contribution in [0.25, 0.3) is 0 Å². The van der Waals surface area contributed by atoms with Gasteiger partial charge in [-0.3, -0.25) is 4.68 Å². The van der Waals surface area contributed by atoms with E-state index in [2.05, 4.69) is 28.2 Å². The van der Waals surface area contributed by atoms with Crippen LogP contribution in [0.3, 0.4) is 0 Å². The van der Waals surface area contributed by atoms with Crippen LogP contribution in [0.5, 0.6) is 0 Å². The summed E-state index contributed by atoms with van der Waals surface area (Å²) in [5.74, 6) is 0.811. The maximum absolute atomic E-state index is 4.59. The maximum Gasteiger partial charge on any atom is 0.0537 e. The second-order valence-corrected chi connectivity index (χ2v) is 5.56. The van der Waals surface area contributed by atoms with E-state index in [4.69, 9.17) is 0 Å². The Morgan fingerprint density at radius 1 is 1.35 bits per heavy atom. The summed E-state index contributed by atoms with van der Waals surface area (Å²) in [7, 11) is 0. The molecule has 0 amide bonds. The standard InChI is InChI=1S/C14H23N3/c1-2-3-8-17-14(11-4-5-11)12(10-16-17)9-15-13-6-7-13/h10-11,13,15H,2-9H2,1H3. The molecule has 0 unspecified atom stereocenters. The van der Waals surface area contributed by atoms with Crippen molar-refractivity contribution in [3.8, 4) is 0 Å². The van der Waals surface area contributed by atoms with Crippen molar-refractivity contribution in [1.29, 1.82) is 0 Å². The largest absolute Gasteiger partial charge is 0.310 e. The van der Waals surface area contributed by atoms with Gasteiger partial charge in [-0.15, -0.1) is 0 Å². The van der Waals surface area contributed by atoms with Gasteiger partial charge in [-0.2, -0.15) is 5.10 Å². The molecule has 1 aromatic rings. The Morgan fingerprint density at radius 3 is 2.82 bits per heavy atom. The highest BCUT2D eigenvalue weighted by atomic mass is 15.3. The van der Waals surface area contributed by atoms with E-state index in [9.17, 15) is 0 Å². The van der Waals surface area contributed by atoms with E-state index in [1.165, 1.54) is 49.8 Å². The summed E-state index contributed by atoms with van der Waals surface area (Å²) < 4.78 is 2.27. The Balaban J connectivity index is 1.69. The highest BCUT2D eigenvalue weighted by Crippen LogP contribution is 2.41. The molecule has 3 rings (SSSR count). The summed E-state index contributed by atoms with van der Waals surface area (Å²) in [6.07, 6.45) is 10.1. The molecule has 3 heteroatoms. The topological polar surface area (TPSA) is 29.9 Å². The molecule has 2 aliphatic rings. The molecule has 0 radical (unpaired) electrons. The monoisotopic (exact) mass is 233 g/mol. The van der Waals surface area contributed by atoms with Crippen LogP contribution in [0.4, 0.5) is 0 Å². The van der Waals surface area contributed by atoms with Gasteiger partial charge in [-0.1, -0.05) is 13.3 Å². The second-order valence-electron chi connectivity index (χ2n) is 5.56. The van der Waals surface area contributed by atoms with Crippen LogP contribution in [-0.2, 0) is 13.1 Å². The third-order valence-corrected chi connectivity index (χ3v) is 3.81. The molecule has 2 aliphatic carbocycles. The van der Waals surface area contributed by atoms with Crippen LogP contribution in [0.2, 0.25) is 0 Å². The Hall–Kier alpha value is -0.830. The minimum Gasteiger partial charge on any atom is -0.310 e. The van der Waals surface area contributed by atoms with Gasteiger partial charge in [0.2, 0.25) is 0 Å². The molecule has 3 nitrogen and oxygen atoms in total. The number of hydrogen-bond acceptors (Lipinski definition) is 2. The van der Waals surface area contributed by atoms with Crippen molar-refractivity contribution in [3.63, 3.8) is 0 Å². The number of aryl methyl sites for hydroxylation is 1. The molecule has 17 heavy (non-hydrogen) atoms. The molecule has 0 atom stereocenters. The quantitative estimate of drug-likeness (QED) is 0.785. The number of unbranched alkanes of at least 4 members (excludes halogenated alkanes) is 1. The lowest BCUT2D eigenvalue weighted by atomic mass is 10.1. The highest BCUT2D eigenvalue weighted by molar-refractivity contribution is 5.25. The van der Waals surface area contributed by atoms with Gasteiger partial charge in [0, 0.05) is 36.3 Å². The van der Waals surface area contributed by atoms with E-state index in [0.717, 1.165) is 25.0 Å². The lowest BCUT2D eigenvalue weighted by Crippen LogP contribution is -2.16. The summed E-state index contributed by atoms with van der Waals surface area (Å²) in [6.45, 7) is 4.38. The minimum atomic E-state index is 0.793. The van der Waals surface area contributed by atoms with Crippen LogP contribution in [-0.4, -0.2) is 15.8 Å². The second kappa shape index (κ2) is 4.81. The van der Waals surface area contributed by atoms with Crippen molar-refractivity contribution in [3.05, 3.63) is 17.5 Å². The van der Waals surface area contributed by atoms with Gasteiger partial charge in [0.15, 0.2) is 0 Å². The summed E-state index contributed by atoms with van der Waals surface area (Å²) in [5.41, 5.74) is 2.99. The molecule has 0 bridgehead atoms. The van der Waals surface area contributed by atoms with E-state index in [-0.39, 0.29) is 0 Å². The summed E-state index contributed by atoms with van der Waals surface area (Å²) in [6, 6.07) is 0.793. The van der Waals surface area contributed by atoms with Crippen molar-refractivity contribution in [1.82, 2.24) is 15.1 Å². The third-order valence-electron chi connectivity index (χ3n) is 3.81. The Labute approximate surface area is 104 Å². The average molecular weight is 233 g/mol. The zero-order valence-corrected chi connectivity index (χ0v) is 10.8. The van der Waals surface area contributed by atoms with Gasteiger partial charge in [0.1, 0.15) is 0 Å². The molecular formula is C14H23N3. The van der Waals surface area contributed by atoms with E-state index < -0.39 is 0 Å². The van der Waals surface area contributed by atoms with Gasteiger partial charge < -0.3 is 5.32 Å². The SMILES string of the molecule is CCCCn1ncc(CNC2CC2)c1C1CC1. The predicted octanol–water partition coefficient (Wildman–Crippen LogP) is 2.81. The lowest BCUT2D eigenvalue weighted by molar-refractivity contribution is 0.546. The molecule has 0 saturated heterocycles. The molecule has 1 heterocycles. The smallest absolute Gasteiger partial charge is 0.0537 e. The van der Waals surface area contributed by atoms with Crippen LogP contribution in [0.15, 0.2) is 6.20 Å². The summed E-state index contributed by atoms with van der Waals surface area (Å²) >= 11 is 0. The van der Waals surface area contributed by atoms with Gasteiger partial charge in [0.25, 0.3) is 0 Å². The van der Waals surface area contributed by atoms with E-state index in [1.807, 2.05) is 0 Å². The van der Waals surface area contributed by atoms with Crippen LogP contribution >= 0.6 is 0 Å². The van der Waals surface area contributed by atoms with Crippen molar-refractivity contribution < 1.29 is 0 Å². The number of rotatable bonds is 7. The van der Waals surface area contributed by atoms with Crippen LogP contribution < -0.4 is 5.32 Å². The van der Waals surface area contributed by atoms with Crippen LogP contribution in [0, 0.1) is 0 Å². The Kier molecular flexibility index (Phi) is 3.19. The van der Waals surface area contributed by atoms with Crippen molar-refractivity contribution >= 4 is 0 Å². The summed E-state index contributed by atoms with van der Waals surface area (Å²) in [4.78, 5) is 0. The predicted molar refractivity (Wildman–Crippen MR) is 69.0 cm³/mol. The molecule has 2 saturated carbocycles. The highest BCUT2D eigenvalue weighted by Gasteiger charge is 2.30. The van der Waals surface area contributed by atoms with Crippen LogP contribution in [0.1, 0.15) is 62.6 Å². The molecular weight excluding hydrogens is 210 g/mol. The van der Waals surface area contributed by atoms with E-state index in [1.54, 1.807) is 0 Å². The first-order valence-electron chi connectivity index (χ1n) is 7.16. The molecule has 0 aliphatic heterocycles. The Morgan fingerprint density at radius 2 is 2.18 bits per heavy atom. The third kappa shape index (κ3) is 2.71. The van der Waals surface area contributed by atoms with E-state index >= 15 is 0 Å². The first kappa shape index (κ1) is 11.3. The molecule has 0 spiro atoms. The van der Waals surface area contributed by atoms with Crippen molar-refractivity contribution in [2.45, 2.75) is 70.5 Å². The number of hydrogen-bond donors (Lipinski definition) is 1. The zero-order valence-electron chi connectivity index (χ0n) is 10.8. The maximum atomic E-state index is 4.59. The fourth-order valence-electron chi connectivity index (χ4n) is 2.43. The average Bonchev–Trinajstić information content (AvgIpc) is 3.24. The molecule has 2 fully saturated rings. The van der Waals surface area contributed by atoms with Gasteiger partial charge >= 0.3 is 0 Å². The zero-order chi connectivity index (χ0) is 11.7. The number of nitrogens with zero attached hydrogens (tertiary/aromatic N) is 2. The molecule has 94 valence electrons. The first-order chi connectivity index (χ1) is 8.38. The molecule has 0 aromatic carbocycles. The van der Waals surface area contributed by atoms with Crippen molar-refractivity contribution in [2.24, 2.45) is 0 Å². The first-order valence-corrected chi connectivity index (χ1v) is 7.16. The number of nitrogens with one attached hydrogen (secondary N) is 1. The fourth-order valence-corrected chi connectivity index (χ4v) is 2.43. The van der Waals surface area contributed by atoms with Gasteiger partial charge in [-0.25, -0.2) is 0 Å². The molecule has 1 aromatic heterocycles. The van der Waals surface area contributed by atoms with E-state index in [0.29, 0.717) is 0 Å². The lowest BCUT2D eigenvalue weighted by Gasteiger charge is -2.09. The van der Waals surface area contributed by atoms with Gasteiger partial charge in [-0.05, 0) is 32.1 Å². The summed E-state index contributed by atoms with van der Waals surface area (Å²) in [5, 5.41) is 8.20.